The van der Waals surface area contributed by atoms with Crippen molar-refractivity contribution in [2.75, 3.05) is 17.1 Å². The van der Waals surface area contributed by atoms with Crippen LogP contribution in [0.3, 0.4) is 0 Å². The maximum absolute atomic E-state index is 14.1. The van der Waals surface area contributed by atoms with Crippen molar-refractivity contribution in [1.82, 2.24) is 10.2 Å². The molecule has 0 unspecified atom stereocenters. The Morgan fingerprint density at radius 3 is 2.10 bits per heavy atom. The minimum atomic E-state index is -3.77. The highest BCUT2D eigenvalue weighted by Gasteiger charge is 2.34. The molecule has 1 atom stereocenters. The van der Waals surface area contributed by atoms with Gasteiger partial charge in [0.05, 0.1) is 11.9 Å². The molecule has 4 rings (SSSR count). The predicted molar refractivity (Wildman–Crippen MR) is 155 cm³/mol. The lowest BCUT2D eigenvalue weighted by Gasteiger charge is -2.34. The summed E-state index contributed by atoms with van der Waals surface area (Å²) in [5.74, 6) is -0.645. The van der Waals surface area contributed by atoms with Crippen LogP contribution in [-0.2, 0) is 32.6 Å². The quantitative estimate of drug-likeness (QED) is 0.384. The van der Waals surface area contributed by atoms with E-state index in [4.69, 9.17) is 0 Å². The fraction of sp³-hybridized carbons (Fsp3) is 0.355. The molecule has 7 nitrogen and oxygen atoms in total. The Morgan fingerprint density at radius 1 is 0.897 bits per heavy atom. The highest BCUT2D eigenvalue weighted by molar-refractivity contribution is 7.92. The Morgan fingerprint density at radius 2 is 1.49 bits per heavy atom. The lowest BCUT2D eigenvalue weighted by molar-refractivity contribution is -0.140. The Labute approximate surface area is 231 Å². The van der Waals surface area contributed by atoms with Crippen LogP contribution in [0.4, 0.5) is 5.69 Å². The molecule has 0 aliphatic heterocycles. The highest BCUT2D eigenvalue weighted by atomic mass is 32.2. The van der Waals surface area contributed by atoms with Crippen LogP contribution in [0.1, 0.15) is 42.4 Å². The number of aryl methyl sites for hydroxylation is 1. The molecule has 1 aliphatic carbocycles. The number of nitrogens with one attached hydrogen (secondary N) is 1. The van der Waals surface area contributed by atoms with E-state index in [0.717, 1.165) is 52.9 Å². The van der Waals surface area contributed by atoms with Crippen molar-refractivity contribution >= 4 is 27.5 Å². The van der Waals surface area contributed by atoms with Crippen molar-refractivity contribution in [3.05, 3.63) is 102 Å². The van der Waals surface area contributed by atoms with Gasteiger partial charge in [-0.1, -0.05) is 85.6 Å². The van der Waals surface area contributed by atoms with Gasteiger partial charge in [0, 0.05) is 19.0 Å². The largest absolute Gasteiger partial charge is 0.352 e. The van der Waals surface area contributed by atoms with Crippen molar-refractivity contribution in [1.29, 1.82) is 0 Å². The minimum Gasteiger partial charge on any atom is -0.352 e. The predicted octanol–water partition coefficient (Wildman–Crippen LogP) is 4.46. The molecule has 0 aromatic heterocycles. The number of anilines is 1. The van der Waals surface area contributed by atoms with Crippen LogP contribution < -0.4 is 9.62 Å². The van der Waals surface area contributed by atoms with Gasteiger partial charge in [-0.3, -0.25) is 13.9 Å². The van der Waals surface area contributed by atoms with Gasteiger partial charge in [-0.15, -0.1) is 0 Å². The molecule has 0 radical (unpaired) electrons. The molecule has 206 valence electrons. The summed E-state index contributed by atoms with van der Waals surface area (Å²) in [5.41, 5.74) is 3.23. The van der Waals surface area contributed by atoms with Crippen molar-refractivity contribution in [2.24, 2.45) is 0 Å². The molecule has 8 heteroatoms. The molecule has 1 N–H and O–H groups in total. The summed E-state index contributed by atoms with van der Waals surface area (Å²) in [6.45, 7) is 1.75. The molecule has 0 heterocycles. The maximum atomic E-state index is 14.1. The number of amides is 2. The molecule has 2 amide bonds. The van der Waals surface area contributed by atoms with Gasteiger partial charge in [0.15, 0.2) is 0 Å². The van der Waals surface area contributed by atoms with Gasteiger partial charge in [0.1, 0.15) is 12.6 Å². The average molecular weight is 548 g/mol. The summed E-state index contributed by atoms with van der Waals surface area (Å²) in [6.07, 6.45) is 5.40. The fourth-order valence-electron chi connectivity index (χ4n) is 5.10. The number of carbonyl (C=O) groups is 2. The molecular weight excluding hydrogens is 510 g/mol. The third kappa shape index (κ3) is 7.69. The smallest absolute Gasteiger partial charge is 0.244 e. The number of rotatable bonds is 11. The first kappa shape index (κ1) is 28.4. The second-order valence-electron chi connectivity index (χ2n) is 10.2. The van der Waals surface area contributed by atoms with Crippen LogP contribution in [0.25, 0.3) is 0 Å². The third-order valence-electron chi connectivity index (χ3n) is 7.30. The van der Waals surface area contributed by atoms with Gasteiger partial charge >= 0.3 is 0 Å². The van der Waals surface area contributed by atoms with Crippen LogP contribution in [0.2, 0.25) is 0 Å². The van der Waals surface area contributed by atoms with Crippen molar-refractivity contribution < 1.29 is 18.0 Å². The van der Waals surface area contributed by atoms with E-state index in [1.807, 2.05) is 61.5 Å². The zero-order chi connectivity index (χ0) is 27.8. The zero-order valence-corrected chi connectivity index (χ0v) is 23.4. The van der Waals surface area contributed by atoms with Gasteiger partial charge in [0.25, 0.3) is 0 Å². The fourth-order valence-corrected chi connectivity index (χ4v) is 5.95. The number of para-hydroxylation sites is 1. The van der Waals surface area contributed by atoms with E-state index in [0.29, 0.717) is 12.1 Å². The van der Waals surface area contributed by atoms with E-state index in [9.17, 15) is 18.0 Å². The second-order valence-corrected chi connectivity index (χ2v) is 12.2. The number of hydrogen-bond acceptors (Lipinski definition) is 4. The Kier molecular flexibility index (Phi) is 9.41. The zero-order valence-electron chi connectivity index (χ0n) is 22.6. The van der Waals surface area contributed by atoms with Gasteiger partial charge in [-0.25, -0.2) is 8.42 Å². The number of hydrogen-bond donors (Lipinski definition) is 1. The van der Waals surface area contributed by atoms with Crippen LogP contribution in [-0.4, -0.2) is 50.0 Å². The Bertz CT molecular complexity index is 1360. The molecule has 1 aliphatic rings. The summed E-state index contributed by atoms with van der Waals surface area (Å²) in [6, 6.07) is 25.2. The molecule has 0 spiro atoms. The number of carbonyl (C=O) groups excluding carboxylic acids is 2. The van der Waals surface area contributed by atoms with E-state index in [-0.39, 0.29) is 18.5 Å². The first-order valence-electron chi connectivity index (χ1n) is 13.4. The minimum absolute atomic E-state index is 0.0861. The van der Waals surface area contributed by atoms with E-state index < -0.39 is 28.5 Å². The van der Waals surface area contributed by atoms with Gasteiger partial charge in [-0.05, 0) is 48.6 Å². The molecule has 0 saturated heterocycles. The van der Waals surface area contributed by atoms with Crippen LogP contribution in [0, 0.1) is 6.92 Å². The summed E-state index contributed by atoms with van der Waals surface area (Å²) >= 11 is 0. The summed E-state index contributed by atoms with van der Waals surface area (Å²) in [5, 5.41) is 3.19. The SMILES string of the molecule is Cc1ccccc1CN(C(=O)CN(c1ccccc1)S(C)(=O)=O)[C@@H](Cc1ccccc1)C(=O)NC1CCCC1. The monoisotopic (exact) mass is 547 g/mol. The van der Waals surface area contributed by atoms with Gasteiger partial charge in [-0.2, -0.15) is 0 Å². The van der Waals surface area contributed by atoms with E-state index >= 15 is 0 Å². The first-order valence-corrected chi connectivity index (χ1v) is 15.3. The Hall–Kier alpha value is -3.65. The standard InChI is InChI=1S/C31H37N3O4S/c1-24-13-9-10-16-26(24)22-33(30(35)23-34(39(2,37)38)28-19-7-4-8-20-28)29(21-25-14-5-3-6-15-25)31(36)32-27-17-11-12-18-27/h3-10,13-16,19-20,27,29H,11-12,17-18,21-23H2,1-2H3,(H,32,36)/t29-/m0/s1. The molecule has 0 bridgehead atoms. The molecule has 3 aromatic rings. The van der Waals surface area contributed by atoms with Crippen molar-refractivity contribution in [2.45, 2.75) is 57.7 Å². The lowest BCUT2D eigenvalue weighted by atomic mass is 10.0. The molecule has 1 saturated carbocycles. The van der Waals surface area contributed by atoms with Crippen LogP contribution in [0.5, 0.6) is 0 Å². The van der Waals surface area contributed by atoms with Gasteiger partial charge in [0.2, 0.25) is 21.8 Å². The Balaban J connectivity index is 1.72. The molecule has 39 heavy (non-hydrogen) atoms. The third-order valence-corrected chi connectivity index (χ3v) is 8.44. The van der Waals surface area contributed by atoms with E-state index in [2.05, 4.69) is 5.32 Å². The molecule has 3 aromatic carbocycles. The maximum Gasteiger partial charge on any atom is 0.244 e. The topological polar surface area (TPSA) is 86.8 Å². The number of nitrogens with zero attached hydrogens (tertiary/aromatic N) is 2. The number of benzene rings is 3. The van der Waals surface area contributed by atoms with Crippen molar-refractivity contribution in [3.8, 4) is 0 Å². The lowest BCUT2D eigenvalue weighted by Crippen LogP contribution is -2.54. The average Bonchev–Trinajstić information content (AvgIpc) is 3.43. The first-order chi connectivity index (χ1) is 18.7. The summed E-state index contributed by atoms with van der Waals surface area (Å²) in [7, 11) is -3.77. The molecular formula is C31H37N3O4S. The number of sulfonamides is 1. The summed E-state index contributed by atoms with van der Waals surface area (Å²) in [4.78, 5) is 29.5. The van der Waals surface area contributed by atoms with E-state index in [1.54, 1.807) is 35.2 Å². The van der Waals surface area contributed by atoms with Crippen LogP contribution in [0.15, 0.2) is 84.9 Å². The normalized spacial score (nSPS) is 14.5. The summed E-state index contributed by atoms with van der Waals surface area (Å²) < 4.78 is 26.7. The second kappa shape index (κ2) is 12.9. The molecule has 1 fully saturated rings. The highest BCUT2D eigenvalue weighted by Crippen LogP contribution is 2.22. The van der Waals surface area contributed by atoms with Gasteiger partial charge < -0.3 is 10.2 Å². The van der Waals surface area contributed by atoms with Crippen molar-refractivity contribution in [3.63, 3.8) is 0 Å². The van der Waals surface area contributed by atoms with E-state index in [1.165, 1.54) is 0 Å². The van der Waals surface area contributed by atoms with Crippen LogP contribution >= 0.6 is 0 Å².